The van der Waals surface area contributed by atoms with Crippen LogP contribution in [0.4, 0.5) is 10.1 Å². The first-order valence-electron chi connectivity index (χ1n) is 9.72. The number of halogens is 1. The van der Waals surface area contributed by atoms with Crippen molar-refractivity contribution in [3.05, 3.63) is 48.4 Å². The molecule has 0 aliphatic carbocycles. The van der Waals surface area contributed by atoms with Crippen molar-refractivity contribution >= 4 is 22.5 Å². The van der Waals surface area contributed by atoms with Crippen LogP contribution in [0.1, 0.15) is 6.42 Å². The molecular formula is C22H22FN3O4. The highest BCUT2D eigenvalue weighted by Crippen LogP contribution is 2.39. The third-order valence-electron chi connectivity index (χ3n) is 5.17. The summed E-state index contributed by atoms with van der Waals surface area (Å²) in [5.41, 5.74) is 1.33. The number of fused-ring (bicyclic) bond motifs is 1. The summed E-state index contributed by atoms with van der Waals surface area (Å²) in [5.74, 6) is -0.954. The molecular weight excluding hydrogens is 389 g/mol. The molecule has 0 unspecified atom stereocenters. The predicted octanol–water partition coefficient (Wildman–Crippen LogP) is 3.11. The Hall–Kier alpha value is -3.23. The molecule has 1 saturated heterocycles. The Labute approximate surface area is 172 Å². The maximum Gasteiger partial charge on any atom is 0.225 e. The molecule has 0 spiro atoms. The zero-order chi connectivity index (χ0) is 21.1. The normalized spacial score (nSPS) is 14.7. The van der Waals surface area contributed by atoms with E-state index in [2.05, 4.69) is 15.2 Å². The molecule has 0 bridgehead atoms. The summed E-state index contributed by atoms with van der Waals surface area (Å²) in [5, 5.41) is 24.1. The lowest BCUT2D eigenvalue weighted by atomic mass is 9.99. The van der Waals surface area contributed by atoms with Gasteiger partial charge in [-0.3, -0.25) is 14.7 Å². The number of phenolic OH excluding ortho intramolecular Hbond substituents is 2. The van der Waals surface area contributed by atoms with Gasteiger partial charge in [0.05, 0.1) is 18.9 Å². The lowest BCUT2D eigenvalue weighted by Crippen LogP contribution is -2.38. The number of aromatic hydroxyl groups is 2. The van der Waals surface area contributed by atoms with E-state index in [1.165, 1.54) is 24.4 Å². The number of carbonyl (C=O) groups is 1. The summed E-state index contributed by atoms with van der Waals surface area (Å²) in [6.07, 6.45) is 1.76. The van der Waals surface area contributed by atoms with Crippen LogP contribution < -0.4 is 5.32 Å². The highest BCUT2D eigenvalue weighted by molar-refractivity contribution is 6.03. The van der Waals surface area contributed by atoms with E-state index in [4.69, 9.17) is 4.74 Å². The molecule has 1 aliphatic heterocycles. The van der Waals surface area contributed by atoms with Crippen molar-refractivity contribution in [3.8, 4) is 22.6 Å². The highest BCUT2D eigenvalue weighted by atomic mass is 19.1. The second kappa shape index (κ2) is 8.64. The lowest BCUT2D eigenvalue weighted by molar-refractivity contribution is -0.116. The van der Waals surface area contributed by atoms with Crippen LogP contribution in [-0.4, -0.2) is 58.9 Å². The molecule has 156 valence electrons. The maximum absolute atomic E-state index is 13.7. The third-order valence-corrected chi connectivity index (χ3v) is 5.17. The number of amides is 1. The fraction of sp³-hybridized carbons (Fsp3) is 0.273. The number of phenols is 2. The van der Waals surface area contributed by atoms with Gasteiger partial charge in [0.15, 0.2) is 5.75 Å². The van der Waals surface area contributed by atoms with Crippen LogP contribution in [0.25, 0.3) is 22.0 Å². The summed E-state index contributed by atoms with van der Waals surface area (Å²) in [6, 6.07) is 8.56. The highest BCUT2D eigenvalue weighted by Gasteiger charge is 2.17. The number of carbonyl (C=O) groups excluding carboxylic acids is 1. The zero-order valence-corrected chi connectivity index (χ0v) is 16.3. The molecule has 3 aromatic rings. The number of pyridine rings is 1. The molecule has 2 heterocycles. The minimum absolute atomic E-state index is 0.0797. The van der Waals surface area contributed by atoms with Gasteiger partial charge in [-0.15, -0.1) is 0 Å². The van der Waals surface area contributed by atoms with Gasteiger partial charge in [0.2, 0.25) is 5.91 Å². The van der Waals surface area contributed by atoms with E-state index >= 15 is 0 Å². The Kier molecular flexibility index (Phi) is 5.78. The van der Waals surface area contributed by atoms with Gasteiger partial charge in [0.25, 0.3) is 0 Å². The van der Waals surface area contributed by atoms with Gasteiger partial charge in [-0.1, -0.05) is 0 Å². The largest absolute Gasteiger partial charge is 0.507 e. The van der Waals surface area contributed by atoms with Crippen LogP contribution in [-0.2, 0) is 9.53 Å². The molecule has 1 fully saturated rings. The molecule has 0 radical (unpaired) electrons. The number of ether oxygens (including phenoxy) is 1. The third kappa shape index (κ3) is 4.19. The number of morpholine rings is 1. The van der Waals surface area contributed by atoms with Crippen LogP contribution in [0.3, 0.4) is 0 Å². The van der Waals surface area contributed by atoms with Gasteiger partial charge in [-0.05, 0) is 42.0 Å². The van der Waals surface area contributed by atoms with Gasteiger partial charge in [-0.2, -0.15) is 0 Å². The molecule has 1 aromatic heterocycles. The summed E-state index contributed by atoms with van der Waals surface area (Å²) >= 11 is 0. The quantitative estimate of drug-likeness (QED) is 0.559. The van der Waals surface area contributed by atoms with Crippen LogP contribution in [0.5, 0.6) is 11.5 Å². The molecule has 8 heteroatoms. The SMILES string of the molecule is O=C(CCN1CCOCC1)Nc1ccc2c(-c3cc(F)ccc3O)ccnc2c1O. The van der Waals surface area contributed by atoms with E-state index in [9.17, 15) is 19.4 Å². The van der Waals surface area contributed by atoms with E-state index in [0.29, 0.717) is 42.7 Å². The smallest absolute Gasteiger partial charge is 0.225 e. The van der Waals surface area contributed by atoms with Gasteiger partial charge < -0.3 is 20.3 Å². The monoisotopic (exact) mass is 411 g/mol. The summed E-state index contributed by atoms with van der Waals surface area (Å²) < 4.78 is 19.0. The lowest BCUT2D eigenvalue weighted by Gasteiger charge is -2.26. The Morgan fingerprint density at radius 2 is 1.93 bits per heavy atom. The van der Waals surface area contributed by atoms with Crippen molar-refractivity contribution in [2.45, 2.75) is 6.42 Å². The predicted molar refractivity (Wildman–Crippen MR) is 111 cm³/mol. The Bertz CT molecular complexity index is 1080. The maximum atomic E-state index is 13.7. The number of aromatic nitrogens is 1. The number of hydrogen-bond acceptors (Lipinski definition) is 6. The van der Waals surface area contributed by atoms with Gasteiger partial charge in [0.1, 0.15) is 17.1 Å². The van der Waals surface area contributed by atoms with Crippen molar-refractivity contribution in [1.82, 2.24) is 9.88 Å². The Balaban J connectivity index is 1.57. The fourth-order valence-corrected chi connectivity index (χ4v) is 3.56. The molecule has 1 amide bonds. The molecule has 3 N–H and O–H groups in total. The molecule has 4 rings (SSSR count). The molecule has 7 nitrogen and oxygen atoms in total. The van der Waals surface area contributed by atoms with Crippen LogP contribution >= 0.6 is 0 Å². The van der Waals surface area contributed by atoms with E-state index in [1.54, 1.807) is 18.2 Å². The number of nitrogens with zero attached hydrogens (tertiary/aromatic N) is 2. The topological polar surface area (TPSA) is 94.9 Å². The van der Waals surface area contributed by atoms with Crippen LogP contribution in [0.2, 0.25) is 0 Å². The minimum Gasteiger partial charge on any atom is -0.507 e. The standard InChI is InChI=1S/C22H22FN3O4/c23-14-1-4-19(27)17(13-14)15-5-7-24-21-16(15)2-3-18(22(21)29)25-20(28)6-8-26-9-11-30-12-10-26/h1-5,7,13,27,29H,6,8-12H2,(H,25,28). The summed E-state index contributed by atoms with van der Waals surface area (Å²) in [7, 11) is 0. The van der Waals surface area contributed by atoms with E-state index < -0.39 is 5.82 Å². The number of rotatable bonds is 5. The van der Waals surface area contributed by atoms with Gasteiger partial charge in [0, 0.05) is 43.2 Å². The average molecular weight is 411 g/mol. The first kappa shape index (κ1) is 20.1. The summed E-state index contributed by atoms with van der Waals surface area (Å²) in [4.78, 5) is 18.7. The van der Waals surface area contributed by atoms with E-state index in [1.807, 2.05) is 0 Å². The molecule has 0 saturated carbocycles. The van der Waals surface area contributed by atoms with Crippen LogP contribution in [0, 0.1) is 5.82 Å². The molecule has 2 aromatic carbocycles. The van der Waals surface area contributed by atoms with Crippen molar-refractivity contribution in [2.75, 3.05) is 38.2 Å². The van der Waals surface area contributed by atoms with Gasteiger partial charge >= 0.3 is 0 Å². The average Bonchev–Trinajstić information content (AvgIpc) is 2.76. The zero-order valence-electron chi connectivity index (χ0n) is 16.3. The van der Waals surface area contributed by atoms with Crippen molar-refractivity contribution < 1.29 is 24.1 Å². The summed E-state index contributed by atoms with van der Waals surface area (Å²) in [6.45, 7) is 3.55. The van der Waals surface area contributed by atoms with Crippen molar-refractivity contribution in [2.24, 2.45) is 0 Å². The second-order valence-corrected chi connectivity index (χ2v) is 7.13. The van der Waals surface area contributed by atoms with Crippen molar-refractivity contribution in [3.63, 3.8) is 0 Å². The minimum atomic E-state index is -0.485. The molecule has 1 aliphatic rings. The van der Waals surface area contributed by atoms with Crippen molar-refractivity contribution in [1.29, 1.82) is 0 Å². The first-order valence-corrected chi connectivity index (χ1v) is 9.72. The fourth-order valence-electron chi connectivity index (χ4n) is 3.56. The molecule has 0 atom stereocenters. The number of benzene rings is 2. The molecule has 30 heavy (non-hydrogen) atoms. The number of anilines is 1. The van der Waals surface area contributed by atoms with Crippen LogP contribution in [0.15, 0.2) is 42.6 Å². The number of nitrogens with one attached hydrogen (secondary N) is 1. The second-order valence-electron chi connectivity index (χ2n) is 7.13. The Morgan fingerprint density at radius 1 is 1.13 bits per heavy atom. The van der Waals surface area contributed by atoms with E-state index in [-0.39, 0.29) is 28.6 Å². The van der Waals surface area contributed by atoms with Gasteiger partial charge in [-0.25, -0.2) is 4.39 Å². The first-order chi connectivity index (χ1) is 14.5. The van der Waals surface area contributed by atoms with E-state index in [0.717, 1.165) is 13.1 Å². The number of hydrogen-bond donors (Lipinski definition) is 3. The Morgan fingerprint density at radius 3 is 2.73 bits per heavy atom.